The molecule has 3 heterocycles. The van der Waals surface area contributed by atoms with Crippen molar-refractivity contribution in [2.75, 3.05) is 19.6 Å². The second-order valence-corrected chi connectivity index (χ2v) is 6.92. The summed E-state index contributed by atoms with van der Waals surface area (Å²) in [4.78, 5) is 28.8. The molecule has 0 saturated carbocycles. The molecule has 0 aliphatic carbocycles. The normalized spacial score (nSPS) is 27.3. The van der Waals surface area contributed by atoms with E-state index in [1.54, 1.807) is 0 Å². The van der Waals surface area contributed by atoms with Crippen LogP contribution >= 0.6 is 0 Å². The third-order valence-electron chi connectivity index (χ3n) is 5.43. The summed E-state index contributed by atoms with van der Waals surface area (Å²) in [6, 6.07) is 8.78. The fourth-order valence-corrected chi connectivity index (χ4v) is 4.25. The molecule has 0 radical (unpaired) electrons. The number of carbonyl (C=O) groups is 2. The molecule has 2 saturated heterocycles. The molecule has 1 aromatic rings. The SMILES string of the molecule is O=C1C[C@@H]2CC[C@H](CN1)N2C(=O)CN1CCc2ccccc2C1. The second-order valence-electron chi connectivity index (χ2n) is 6.92. The topological polar surface area (TPSA) is 52.7 Å². The van der Waals surface area contributed by atoms with E-state index in [4.69, 9.17) is 0 Å². The maximum Gasteiger partial charge on any atom is 0.237 e. The number of nitrogens with one attached hydrogen (secondary N) is 1. The first-order chi connectivity index (χ1) is 11.2. The summed E-state index contributed by atoms with van der Waals surface area (Å²) in [5.74, 6) is 0.273. The zero-order valence-corrected chi connectivity index (χ0v) is 13.3. The van der Waals surface area contributed by atoms with Gasteiger partial charge in [0.2, 0.25) is 11.8 Å². The summed E-state index contributed by atoms with van der Waals surface area (Å²) >= 11 is 0. The van der Waals surface area contributed by atoms with Crippen molar-refractivity contribution in [3.63, 3.8) is 0 Å². The number of nitrogens with zero attached hydrogens (tertiary/aromatic N) is 2. The van der Waals surface area contributed by atoms with Crippen LogP contribution in [0.15, 0.2) is 24.3 Å². The van der Waals surface area contributed by atoms with Crippen LogP contribution in [0.5, 0.6) is 0 Å². The van der Waals surface area contributed by atoms with Gasteiger partial charge in [0.1, 0.15) is 0 Å². The molecule has 0 spiro atoms. The summed E-state index contributed by atoms with van der Waals surface area (Å²) < 4.78 is 0. The molecule has 5 nitrogen and oxygen atoms in total. The Labute approximate surface area is 136 Å². The first-order valence-electron chi connectivity index (χ1n) is 8.58. The van der Waals surface area contributed by atoms with Gasteiger partial charge in [-0.3, -0.25) is 14.5 Å². The quantitative estimate of drug-likeness (QED) is 0.883. The van der Waals surface area contributed by atoms with Crippen LogP contribution in [0.2, 0.25) is 0 Å². The molecule has 23 heavy (non-hydrogen) atoms. The van der Waals surface area contributed by atoms with Crippen molar-refractivity contribution in [1.29, 1.82) is 0 Å². The minimum absolute atomic E-state index is 0.0851. The Morgan fingerprint density at radius 3 is 2.83 bits per heavy atom. The first-order valence-corrected chi connectivity index (χ1v) is 8.58. The molecule has 0 aromatic heterocycles. The highest BCUT2D eigenvalue weighted by Crippen LogP contribution is 2.29. The number of carbonyl (C=O) groups excluding carboxylic acids is 2. The Balaban J connectivity index is 1.43. The third kappa shape index (κ3) is 2.85. The van der Waals surface area contributed by atoms with E-state index >= 15 is 0 Å². The lowest BCUT2D eigenvalue weighted by Crippen LogP contribution is -2.48. The van der Waals surface area contributed by atoms with Crippen molar-refractivity contribution >= 4 is 11.8 Å². The van der Waals surface area contributed by atoms with Crippen LogP contribution in [-0.2, 0) is 22.6 Å². The molecule has 5 heteroatoms. The Morgan fingerprint density at radius 2 is 1.96 bits per heavy atom. The lowest BCUT2D eigenvalue weighted by Gasteiger charge is -2.33. The Kier molecular flexibility index (Phi) is 3.81. The number of fused-ring (bicyclic) bond motifs is 3. The predicted octanol–water partition coefficient (Wildman–Crippen LogP) is 0.924. The van der Waals surface area contributed by atoms with E-state index in [2.05, 4.69) is 34.5 Å². The predicted molar refractivity (Wildman–Crippen MR) is 86.7 cm³/mol. The van der Waals surface area contributed by atoms with E-state index < -0.39 is 0 Å². The van der Waals surface area contributed by atoms with Crippen LogP contribution < -0.4 is 5.32 Å². The van der Waals surface area contributed by atoms with Gasteiger partial charge in [-0.2, -0.15) is 0 Å². The highest BCUT2D eigenvalue weighted by molar-refractivity contribution is 5.82. The van der Waals surface area contributed by atoms with Crippen LogP contribution in [0.1, 0.15) is 30.4 Å². The molecule has 2 atom stereocenters. The average molecular weight is 313 g/mol. The lowest BCUT2D eigenvalue weighted by molar-refractivity contribution is -0.135. The van der Waals surface area contributed by atoms with E-state index in [1.807, 2.05) is 4.90 Å². The highest BCUT2D eigenvalue weighted by atomic mass is 16.2. The van der Waals surface area contributed by atoms with Gasteiger partial charge in [-0.15, -0.1) is 0 Å². The number of hydrogen-bond acceptors (Lipinski definition) is 3. The smallest absolute Gasteiger partial charge is 0.237 e. The van der Waals surface area contributed by atoms with Gasteiger partial charge >= 0.3 is 0 Å². The van der Waals surface area contributed by atoms with Gasteiger partial charge in [0.25, 0.3) is 0 Å². The van der Waals surface area contributed by atoms with Crippen molar-refractivity contribution < 1.29 is 9.59 Å². The summed E-state index contributed by atoms with van der Waals surface area (Å²) in [5.41, 5.74) is 2.74. The van der Waals surface area contributed by atoms with Gasteiger partial charge in [0, 0.05) is 38.1 Å². The number of benzene rings is 1. The van der Waals surface area contributed by atoms with Gasteiger partial charge in [-0.1, -0.05) is 24.3 Å². The molecule has 4 rings (SSSR count). The number of hydrogen-bond donors (Lipinski definition) is 1. The minimum Gasteiger partial charge on any atom is -0.354 e. The molecule has 3 aliphatic rings. The van der Waals surface area contributed by atoms with Crippen molar-refractivity contribution in [2.45, 2.75) is 44.3 Å². The first kappa shape index (κ1) is 14.7. The van der Waals surface area contributed by atoms with Gasteiger partial charge in [0.15, 0.2) is 0 Å². The second kappa shape index (κ2) is 5.96. The molecular weight excluding hydrogens is 290 g/mol. The molecular formula is C18H23N3O2. The third-order valence-corrected chi connectivity index (χ3v) is 5.43. The Morgan fingerprint density at radius 1 is 1.17 bits per heavy atom. The van der Waals surface area contributed by atoms with Crippen LogP contribution in [0.25, 0.3) is 0 Å². The van der Waals surface area contributed by atoms with E-state index in [0.29, 0.717) is 19.5 Å². The van der Waals surface area contributed by atoms with Gasteiger partial charge in [-0.05, 0) is 30.4 Å². The van der Waals surface area contributed by atoms with E-state index in [1.165, 1.54) is 11.1 Å². The highest BCUT2D eigenvalue weighted by Gasteiger charge is 2.40. The molecule has 0 unspecified atom stereocenters. The van der Waals surface area contributed by atoms with Gasteiger partial charge in [0.05, 0.1) is 6.54 Å². The van der Waals surface area contributed by atoms with Crippen molar-refractivity contribution in [3.05, 3.63) is 35.4 Å². The van der Waals surface area contributed by atoms with Crippen molar-refractivity contribution in [2.24, 2.45) is 0 Å². The van der Waals surface area contributed by atoms with E-state index in [-0.39, 0.29) is 23.9 Å². The molecule has 3 aliphatic heterocycles. The molecule has 1 N–H and O–H groups in total. The maximum atomic E-state index is 12.8. The fraction of sp³-hybridized carbons (Fsp3) is 0.556. The van der Waals surface area contributed by atoms with Crippen molar-refractivity contribution in [1.82, 2.24) is 15.1 Å². The minimum atomic E-state index is 0.0851. The largest absolute Gasteiger partial charge is 0.354 e. The molecule has 2 fully saturated rings. The lowest BCUT2D eigenvalue weighted by atomic mass is 10.00. The summed E-state index contributed by atoms with van der Waals surface area (Å²) in [6.07, 6.45) is 3.45. The average Bonchev–Trinajstić information content (AvgIpc) is 2.86. The van der Waals surface area contributed by atoms with Gasteiger partial charge < -0.3 is 10.2 Å². The van der Waals surface area contributed by atoms with Crippen LogP contribution in [0.4, 0.5) is 0 Å². The maximum absolute atomic E-state index is 12.8. The zero-order valence-electron chi connectivity index (χ0n) is 13.3. The zero-order chi connectivity index (χ0) is 15.8. The number of rotatable bonds is 2. The molecule has 1 aromatic carbocycles. The van der Waals surface area contributed by atoms with Crippen LogP contribution in [-0.4, -0.2) is 53.3 Å². The Bertz CT molecular complexity index is 630. The molecule has 2 bridgehead atoms. The number of amides is 2. The molecule has 122 valence electrons. The fourth-order valence-electron chi connectivity index (χ4n) is 4.25. The van der Waals surface area contributed by atoms with Crippen LogP contribution in [0.3, 0.4) is 0 Å². The monoisotopic (exact) mass is 313 g/mol. The van der Waals surface area contributed by atoms with Gasteiger partial charge in [-0.25, -0.2) is 0 Å². The summed E-state index contributed by atoms with van der Waals surface area (Å²) in [5, 5.41) is 2.93. The summed E-state index contributed by atoms with van der Waals surface area (Å²) in [7, 11) is 0. The molecule has 2 amide bonds. The van der Waals surface area contributed by atoms with Crippen LogP contribution in [0, 0.1) is 0 Å². The van der Waals surface area contributed by atoms with Crippen molar-refractivity contribution in [3.8, 4) is 0 Å². The van der Waals surface area contributed by atoms with E-state index in [9.17, 15) is 9.59 Å². The van der Waals surface area contributed by atoms with E-state index in [0.717, 1.165) is 32.4 Å². The standard InChI is InChI=1S/C18H23N3O2/c22-17-9-15-5-6-16(10-19-17)21(15)18(23)12-20-8-7-13-3-1-2-4-14(13)11-20/h1-4,15-16H,5-12H2,(H,19,22)/t15-,16+/m0/s1. The summed E-state index contributed by atoms with van der Waals surface area (Å²) in [6.45, 7) is 2.87. The Hall–Kier alpha value is -1.88.